The molecule has 0 aliphatic carbocycles. The maximum absolute atomic E-state index is 13.3. The zero-order valence-electron chi connectivity index (χ0n) is 18.6. The third kappa shape index (κ3) is 5.78. The molecule has 0 spiro atoms. The molecule has 0 saturated carbocycles. The summed E-state index contributed by atoms with van der Waals surface area (Å²) in [7, 11) is -8.00. The Bertz CT molecular complexity index is 1420. The van der Waals surface area contributed by atoms with Crippen LogP contribution < -0.4 is 0 Å². The fourth-order valence-electron chi connectivity index (χ4n) is 3.58. The third-order valence-electron chi connectivity index (χ3n) is 5.44. The molecule has 1 unspecified atom stereocenters. The van der Waals surface area contributed by atoms with Crippen molar-refractivity contribution in [2.45, 2.75) is 23.6 Å². The van der Waals surface area contributed by atoms with Crippen LogP contribution in [0.25, 0.3) is 0 Å². The third-order valence-corrected chi connectivity index (χ3v) is 9.24. The van der Waals surface area contributed by atoms with Crippen molar-refractivity contribution in [2.75, 3.05) is 11.5 Å². The van der Waals surface area contributed by atoms with Crippen LogP contribution in [0.15, 0.2) is 82.6 Å². The number of aryl methyl sites for hydroxylation is 2. The van der Waals surface area contributed by atoms with Gasteiger partial charge in [0.05, 0.1) is 32.8 Å². The second kappa shape index (κ2) is 9.90. The number of benzene rings is 3. The highest BCUT2D eigenvalue weighted by Gasteiger charge is 2.33. The quantitative estimate of drug-likeness (QED) is 0.444. The molecule has 0 aliphatic rings. The molecule has 0 bridgehead atoms. The highest BCUT2D eigenvalue weighted by Crippen LogP contribution is 2.24. The van der Waals surface area contributed by atoms with Gasteiger partial charge in [0.25, 0.3) is 0 Å². The van der Waals surface area contributed by atoms with Crippen LogP contribution in [0.3, 0.4) is 0 Å². The molecule has 9 heteroatoms. The number of Topliss-reactive ketones (excluding diaryl/α,β-unsaturated/α-hetero) is 1. The van der Waals surface area contributed by atoms with Crippen LogP contribution in [0.2, 0.25) is 0 Å². The van der Waals surface area contributed by atoms with Gasteiger partial charge in [-0.25, -0.2) is 21.6 Å². The minimum absolute atomic E-state index is 0.00888. The first-order chi connectivity index (χ1) is 15.9. The van der Waals surface area contributed by atoms with Crippen molar-refractivity contribution in [1.29, 1.82) is 0 Å². The molecule has 7 nitrogen and oxygen atoms in total. The van der Waals surface area contributed by atoms with Crippen LogP contribution in [0.5, 0.6) is 0 Å². The average Bonchev–Trinajstić information content (AvgIpc) is 2.78. The fourth-order valence-corrected chi connectivity index (χ4v) is 7.09. The van der Waals surface area contributed by atoms with E-state index in [1.807, 2.05) is 0 Å². The van der Waals surface area contributed by atoms with Gasteiger partial charge in [0, 0.05) is 5.56 Å². The van der Waals surface area contributed by atoms with E-state index in [1.165, 1.54) is 42.5 Å². The van der Waals surface area contributed by atoms with Crippen LogP contribution in [0.1, 0.15) is 31.8 Å². The van der Waals surface area contributed by atoms with Gasteiger partial charge in [-0.1, -0.05) is 48.0 Å². The number of rotatable bonds is 9. The lowest BCUT2D eigenvalue weighted by Crippen LogP contribution is -2.31. The van der Waals surface area contributed by atoms with Crippen molar-refractivity contribution in [3.05, 3.63) is 95.1 Å². The molecule has 0 radical (unpaired) electrons. The first kappa shape index (κ1) is 25.3. The molecule has 3 aromatic carbocycles. The zero-order chi connectivity index (χ0) is 25.1. The molecule has 0 aliphatic heterocycles. The van der Waals surface area contributed by atoms with E-state index in [9.17, 15) is 26.4 Å². The number of hydrogen-bond acceptors (Lipinski definition) is 6. The number of sulfone groups is 2. The Morgan fingerprint density at radius 3 is 1.82 bits per heavy atom. The van der Waals surface area contributed by atoms with E-state index >= 15 is 0 Å². The van der Waals surface area contributed by atoms with Gasteiger partial charge >= 0.3 is 5.97 Å². The van der Waals surface area contributed by atoms with E-state index in [4.69, 9.17) is 5.11 Å². The molecule has 1 N–H and O–H groups in total. The highest BCUT2D eigenvalue weighted by atomic mass is 32.2. The molecule has 1 atom stereocenters. The van der Waals surface area contributed by atoms with Gasteiger partial charge < -0.3 is 5.11 Å². The Balaban J connectivity index is 2.01. The van der Waals surface area contributed by atoms with Gasteiger partial charge in [0.1, 0.15) is 0 Å². The summed E-state index contributed by atoms with van der Waals surface area (Å²) < 4.78 is 52.6. The number of hydrogen-bond donors (Lipinski definition) is 1. The van der Waals surface area contributed by atoms with Gasteiger partial charge in [-0.15, -0.1) is 0 Å². The van der Waals surface area contributed by atoms with Crippen molar-refractivity contribution >= 4 is 31.4 Å². The van der Waals surface area contributed by atoms with Gasteiger partial charge in [-0.2, -0.15) is 0 Å². The van der Waals surface area contributed by atoms with Crippen molar-refractivity contribution < 1.29 is 31.5 Å². The van der Waals surface area contributed by atoms with E-state index in [2.05, 4.69) is 0 Å². The number of aromatic carboxylic acids is 1. The van der Waals surface area contributed by atoms with Crippen LogP contribution in [-0.2, 0) is 19.7 Å². The summed E-state index contributed by atoms with van der Waals surface area (Å²) in [5.41, 5.74) is 1.33. The number of carboxylic acids is 1. The lowest BCUT2D eigenvalue weighted by molar-refractivity contribution is 0.0696. The summed E-state index contributed by atoms with van der Waals surface area (Å²) in [4.78, 5) is 24.4. The fraction of sp³-hybridized carbons (Fsp3) is 0.200. The Hall–Kier alpha value is -3.30. The zero-order valence-corrected chi connectivity index (χ0v) is 20.3. The molecule has 0 heterocycles. The van der Waals surface area contributed by atoms with E-state index in [-0.39, 0.29) is 20.9 Å². The van der Waals surface area contributed by atoms with E-state index in [1.54, 1.807) is 44.2 Å². The Kier molecular flexibility index (Phi) is 7.38. The van der Waals surface area contributed by atoms with Crippen LogP contribution in [0.4, 0.5) is 0 Å². The standard InChI is InChI=1S/C25H24O7S2/c1-17-7-13-22(14-8-17)33(29,30)15-21(16-34(31,32)23-6-4-3-5-18(23)2)24(26)19-9-11-20(12-10-19)25(27)28/h3-14,21H,15-16H2,1-2H3,(H,27,28). The predicted molar refractivity (Wildman–Crippen MR) is 128 cm³/mol. The first-order valence-electron chi connectivity index (χ1n) is 10.4. The smallest absolute Gasteiger partial charge is 0.335 e. The second-order valence-corrected chi connectivity index (χ2v) is 12.1. The van der Waals surface area contributed by atoms with E-state index in [0.29, 0.717) is 5.56 Å². The van der Waals surface area contributed by atoms with Crippen molar-refractivity contribution in [3.63, 3.8) is 0 Å². The minimum atomic E-state index is -4.01. The largest absolute Gasteiger partial charge is 0.478 e. The SMILES string of the molecule is Cc1ccc(S(=O)(=O)CC(CS(=O)(=O)c2ccccc2C)C(=O)c2ccc(C(=O)O)cc2)cc1. The molecule has 0 amide bonds. The Labute approximate surface area is 198 Å². The van der Waals surface area contributed by atoms with Crippen molar-refractivity contribution in [2.24, 2.45) is 5.92 Å². The normalized spacial score (nSPS) is 12.8. The number of carbonyl (C=O) groups is 2. The van der Waals surface area contributed by atoms with Crippen molar-refractivity contribution in [3.8, 4) is 0 Å². The van der Waals surface area contributed by atoms with Gasteiger partial charge in [-0.05, 0) is 49.7 Å². The van der Waals surface area contributed by atoms with Gasteiger partial charge in [0.2, 0.25) is 0 Å². The first-order valence-corrected chi connectivity index (χ1v) is 13.7. The molecule has 0 saturated heterocycles. The van der Waals surface area contributed by atoms with Crippen LogP contribution >= 0.6 is 0 Å². The predicted octanol–water partition coefficient (Wildman–Crippen LogP) is 3.75. The summed E-state index contributed by atoms with van der Waals surface area (Å²) in [6, 6.07) is 17.3. The molecule has 3 aromatic rings. The Morgan fingerprint density at radius 2 is 1.26 bits per heavy atom. The lowest BCUT2D eigenvalue weighted by Gasteiger charge is -2.18. The molecule has 34 heavy (non-hydrogen) atoms. The Morgan fingerprint density at radius 1 is 0.735 bits per heavy atom. The van der Waals surface area contributed by atoms with Crippen LogP contribution in [0, 0.1) is 19.8 Å². The monoisotopic (exact) mass is 500 g/mol. The number of ketones is 1. The summed E-state index contributed by atoms with van der Waals surface area (Å²) in [6.45, 7) is 3.43. The summed E-state index contributed by atoms with van der Waals surface area (Å²) in [6.07, 6.45) is 0. The van der Waals surface area contributed by atoms with Crippen molar-refractivity contribution in [1.82, 2.24) is 0 Å². The minimum Gasteiger partial charge on any atom is -0.478 e. The number of carboxylic acid groups (broad SMARTS) is 1. The molecular weight excluding hydrogens is 476 g/mol. The molecular formula is C25H24O7S2. The molecule has 3 rings (SSSR count). The molecule has 0 aromatic heterocycles. The lowest BCUT2D eigenvalue weighted by atomic mass is 10.00. The van der Waals surface area contributed by atoms with E-state index < -0.39 is 48.9 Å². The molecule has 0 fully saturated rings. The second-order valence-electron chi connectivity index (χ2n) is 8.09. The topological polar surface area (TPSA) is 123 Å². The van der Waals surface area contributed by atoms with E-state index in [0.717, 1.165) is 5.56 Å². The maximum atomic E-state index is 13.3. The van der Waals surface area contributed by atoms with Gasteiger partial charge in [-0.3, -0.25) is 4.79 Å². The summed E-state index contributed by atoms with van der Waals surface area (Å²) >= 11 is 0. The average molecular weight is 501 g/mol. The molecule has 178 valence electrons. The summed E-state index contributed by atoms with van der Waals surface area (Å²) in [5.74, 6) is -4.68. The van der Waals surface area contributed by atoms with Crippen LogP contribution in [-0.4, -0.2) is 45.2 Å². The maximum Gasteiger partial charge on any atom is 0.335 e. The van der Waals surface area contributed by atoms with Gasteiger partial charge in [0.15, 0.2) is 25.5 Å². The number of carbonyl (C=O) groups excluding carboxylic acids is 1. The summed E-state index contributed by atoms with van der Waals surface area (Å²) in [5, 5.41) is 9.08. The highest BCUT2D eigenvalue weighted by molar-refractivity contribution is 7.92.